The van der Waals surface area contributed by atoms with Gasteiger partial charge in [-0.1, -0.05) is 6.92 Å². The van der Waals surface area contributed by atoms with Gasteiger partial charge in [-0.15, -0.1) is 0 Å². The third kappa shape index (κ3) is 3.18. The average Bonchev–Trinajstić information content (AvgIpc) is 2.79. The summed E-state index contributed by atoms with van der Waals surface area (Å²) in [4.78, 5) is 15.2. The van der Waals surface area contributed by atoms with E-state index in [2.05, 4.69) is 10.3 Å². The number of amides is 1. The standard InChI is InChI=1S/C12H21N5O3S/c1-3-10(18)15-9-4-6-17(7-5-9)21(19,20)12-11(13)14-8-16(12)2/h8-9H,3-7,13H2,1-2H3,(H,15,18). The zero-order valence-electron chi connectivity index (χ0n) is 12.2. The molecule has 0 saturated carbocycles. The molecule has 0 atom stereocenters. The molecule has 8 nitrogen and oxygen atoms in total. The Morgan fingerprint density at radius 2 is 2.10 bits per heavy atom. The molecule has 0 radical (unpaired) electrons. The fourth-order valence-corrected chi connectivity index (χ4v) is 4.11. The van der Waals surface area contributed by atoms with Crippen LogP contribution in [0.4, 0.5) is 5.82 Å². The van der Waals surface area contributed by atoms with E-state index in [9.17, 15) is 13.2 Å². The van der Waals surface area contributed by atoms with E-state index >= 15 is 0 Å². The molecule has 1 aliphatic heterocycles. The molecule has 0 unspecified atom stereocenters. The number of carbonyl (C=O) groups excluding carboxylic acids is 1. The van der Waals surface area contributed by atoms with Crippen LogP contribution >= 0.6 is 0 Å². The summed E-state index contributed by atoms with van der Waals surface area (Å²) in [6.07, 6.45) is 3.02. The van der Waals surface area contributed by atoms with Gasteiger partial charge in [0.25, 0.3) is 10.0 Å². The first-order valence-electron chi connectivity index (χ1n) is 6.92. The van der Waals surface area contributed by atoms with E-state index in [0.717, 1.165) is 0 Å². The number of imidazole rings is 1. The summed E-state index contributed by atoms with van der Waals surface area (Å²) in [7, 11) is -2.04. The zero-order valence-corrected chi connectivity index (χ0v) is 13.1. The first-order valence-corrected chi connectivity index (χ1v) is 8.36. The second-order valence-corrected chi connectivity index (χ2v) is 7.00. The molecule has 1 fully saturated rings. The van der Waals surface area contributed by atoms with Crippen LogP contribution in [0.3, 0.4) is 0 Å². The van der Waals surface area contributed by atoms with Crippen LogP contribution in [-0.2, 0) is 21.9 Å². The van der Waals surface area contributed by atoms with Gasteiger partial charge in [0, 0.05) is 32.6 Å². The highest BCUT2D eigenvalue weighted by molar-refractivity contribution is 7.89. The van der Waals surface area contributed by atoms with E-state index in [1.54, 1.807) is 14.0 Å². The maximum absolute atomic E-state index is 12.6. The molecule has 21 heavy (non-hydrogen) atoms. The van der Waals surface area contributed by atoms with E-state index < -0.39 is 10.0 Å². The molecule has 1 aromatic rings. The Morgan fingerprint density at radius 1 is 1.48 bits per heavy atom. The minimum absolute atomic E-state index is 0.00724. The highest BCUT2D eigenvalue weighted by Gasteiger charge is 2.33. The summed E-state index contributed by atoms with van der Waals surface area (Å²) in [5, 5.41) is 2.92. The second-order valence-electron chi connectivity index (χ2n) is 5.15. The van der Waals surface area contributed by atoms with Crippen molar-refractivity contribution in [3.63, 3.8) is 0 Å². The van der Waals surface area contributed by atoms with Gasteiger partial charge in [0.05, 0.1) is 6.33 Å². The van der Waals surface area contributed by atoms with E-state index in [4.69, 9.17) is 5.73 Å². The van der Waals surface area contributed by atoms with Crippen molar-refractivity contribution in [1.82, 2.24) is 19.2 Å². The van der Waals surface area contributed by atoms with Crippen LogP contribution in [0, 0.1) is 0 Å². The molecule has 1 amide bonds. The fourth-order valence-electron chi connectivity index (χ4n) is 2.44. The van der Waals surface area contributed by atoms with Crippen molar-refractivity contribution in [2.24, 2.45) is 7.05 Å². The molecular weight excluding hydrogens is 294 g/mol. The monoisotopic (exact) mass is 315 g/mol. The Kier molecular flexibility index (Phi) is 4.52. The van der Waals surface area contributed by atoms with E-state index in [-0.39, 0.29) is 22.8 Å². The van der Waals surface area contributed by atoms with Crippen LogP contribution in [0.5, 0.6) is 0 Å². The molecular formula is C12H21N5O3S. The summed E-state index contributed by atoms with van der Waals surface area (Å²) >= 11 is 0. The fraction of sp³-hybridized carbons (Fsp3) is 0.667. The second kappa shape index (κ2) is 6.02. The Hall–Kier alpha value is -1.61. The predicted molar refractivity (Wildman–Crippen MR) is 77.8 cm³/mol. The summed E-state index contributed by atoms with van der Waals surface area (Å²) in [6, 6.07) is 0.0350. The molecule has 0 aromatic carbocycles. The highest BCUT2D eigenvalue weighted by atomic mass is 32.2. The number of nitrogens with one attached hydrogen (secondary N) is 1. The Labute approximate surface area is 124 Å². The predicted octanol–water partition coefficient (Wildman–Crippen LogP) is -0.318. The van der Waals surface area contributed by atoms with Gasteiger partial charge in [0.1, 0.15) is 0 Å². The third-order valence-corrected chi connectivity index (χ3v) is 5.66. The number of hydrogen-bond acceptors (Lipinski definition) is 5. The first kappa shape index (κ1) is 15.8. The summed E-state index contributed by atoms with van der Waals surface area (Å²) < 4.78 is 28.0. The Bertz CT molecular complexity index is 597. The van der Waals surface area contributed by atoms with Crippen molar-refractivity contribution in [3.8, 4) is 0 Å². The molecule has 0 aliphatic carbocycles. The van der Waals surface area contributed by atoms with Crippen LogP contribution in [0.2, 0.25) is 0 Å². The Balaban J connectivity index is 2.07. The van der Waals surface area contributed by atoms with Crippen molar-refractivity contribution in [3.05, 3.63) is 6.33 Å². The number of piperidine rings is 1. The minimum Gasteiger partial charge on any atom is -0.381 e. The summed E-state index contributed by atoms with van der Waals surface area (Å²) in [5.74, 6) is 0.00564. The number of nitrogen functional groups attached to an aromatic ring is 1. The number of carbonyl (C=O) groups is 1. The SMILES string of the molecule is CCC(=O)NC1CCN(S(=O)(=O)c2c(N)ncn2C)CC1. The minimum atomic E-state index is -3.64. The largest absolute Gasteiger partial charge is 0.381 e. The van der Waals surface area contributed by atoms with Crippen LogP contribution in [-0.4, -0.2) is 47.3 Å². The lowest BCUT2D eigenvalue weighted by Gasteiger charge is -2.31. The normalized spacial score (nSPS) is 17.8. The van der Waals surface area contributed by atoms with Crippen LogP contribution in [0.1, 0.15) is 26.2 Å². The van der Waals surface area contributed by atoms with Crippen molar-refractivity contribution in [1.29, 1.82) is 0 Å². The van der Waals surface area contributed by atoms with Gasteiger partial charge < -0.3 is 15.6 Å². The molecule has 1 aromatic heterocycles. The van der Waals surface area contributed by atoms with Crippen molar-refractivity contribution >= 4 is 21.7 Å². The van der Waals surface area contributed by atoms with Crippen LogP contribution in [0.25, 0.3) is 0 Å². The number of nitrogens with zero attached hydrogens (tertiary/aromatic N) is 3. The number of anilines is 1. The van der Waals surface area contributed by atoms with Crippen LogP contribution in [0.15, 0.2) is 11.4 Å². The maximum Gasteiger partial charge on any atom is 0.262 e. The van der Waals surface area contributed by atoms with Gasteiger partial charge in [-0.3, -0.25) is 4.79 Å². The maximum atomic E-state index is 12.6. The lowest BCUT2D eigenvalue weighted by molar-refractivity contribution is -0.121. The Morgan fingerprint density at radius 3 is 2.57 bits per heavy atom. The number of aryl methyl sites for hydroxylation is 1. The highest BCUT2D eigenvalue weighted by Crippen LogP contribution is 2.23. The van der Waals surface area contributed by atoms with E-state index in [1.807, 2.05) is 0 Å². The first-order chi connectivity index (χ1) is 9.86. The van der Waals surface area contributed by atoms with Gasteiger partial charge in [-0.05, 0) is 12.8 Å². The average molecular weight is 315 g/mol. The smallest absolute Gasteiger partial charge is 0.262 e. The van der Waals surface area contributed by atoms with Crippen molar-refractivity contribution in [2.75, 3.05) is 18.8 Å². The molecule has 1 saturated heterocycles. The quantitative estimate of drug-likeness (QED) is 0.791. The molecule has 118 valence electrons. The number of rotatable bonds is 4. The number of aromatic nitrogens is 2. The van der Waals surface area contributed by atoms with E-state index in [0.29, 0.717) is 32.4 Å². The lowest BCUT2D eigenvalue weighted by atomic mass is 10.1. The van der Waals surface area contributed by atoms with Gasteiger partial charge in [0.15, 0.2) is 10.8 Å². The molecule has 0 bridgehead atoms. The number of hydrogen-bond donors (Lipinski definition) is 2. The van der Waals surface area contributed by atoms with Gasteiger partial charge in [-0.25, -0.2) is 13.4 Å². The van der Waals surface area contributed by atoms with Gasteiger partial charge in [-0.2, -0.15) is 4.31 Å². The molecule has 2 heterocycles. The van der Waals surface area contributed by atoms with Crippen molar-refractivity contribution < 1.29 is 13.2 Å². The van der Waals surface area contributed by atoms with Crippen LogP contribution < -0.4 is 11.1 Å². The topological polar surface area (TPSA) is 110 Å². The number of nitrogens with two attached hydrogens (primary N) is 1. The number of sulfonamides is 1. The molecule has 9 heteroatoms. The molecule has 1 aliphatic rings. The van der Waals surface area contributed by atoms with Crippen molar-refractivity contribution in [2.45, 2.75) is 37.3 Å². The lowest BCUT2D eigenvalue weighted by Crippen LogP contribution is -2.46. The molecule has 3 N–H and O–H groups in total. The van der Waals surface area contributed by atoms with Gasteiger partial charge >= 0.3 is 0 Å². The summed E-state index contributed by atoms with van der Waals surface area (Å²) in [6.45, 7) is 2.52. The third-order valence-electron chi connectivity index (χ3n) is 3.63. The van der Waals surface area contributed by atoms with E-state index in [1.165, 1.54) is 15.2 Å². The summed E-state index contributed by atoms with van der Waals surface area (Å²) in [5.41, 5.74) is 5.65. The zero-order chi connectivity index (χ0) is 15.6. The van der Waals surface area contributed by atoms with Gasteiger partial charge in [0.2, 0.25) is 5.91 Å². The molecule has 0 spiro atoms. The molecule has 2 rings (SSSR count).